The predicted molar refractivity (Wildman–Crippen MR) is 103 cm³/mol. The number of ether oxygens (including phenoxy) is 1. The predicted octanol–water partition coefficient (Wildman–Crippen LogP) is 4.78. The number of aryl methyl sites for hydroxylation is 1. The van der Waals surface area contributed by atoms with Crippen LogP contribution in [0.15, 0.2) is 29.2 Å². The molecule has 0 fully saturated rings. The summed E-state index contributed by atoms with van der Waals surface area (Å²) in [4.78, 5) is 27.3. The Morgan fingerprint density at radius 3 is 2.60 bits per heavy atom. The summed E-state index contributed by atoms with van der Waals surface area (Å²) >= 11 is 3.14. The molecule has 0 spiro atoms. The van der Waals surface area contributed by atoms with E-state index in [4.69, 9.17) is 4.74 Å². The van der Waals surface area contributed by atoms with Crippen molar-refractivity contribution in [2.24, 2.45) is 0 Å². The van der Waals surface area contributed by atoms with Crippen LogP contribution in [0.3, 0.4) is 0 Å². The molecule has 1 aromatic heterocycles. The number of hydrogen-bond donors (Lipinski definition) is 1. The van der Waals surface area contributed by atoms with Gasteiger partial charge in [0, 0.05) is 15.3 Å². The van der Waals surface area contributed by atoms with Crippen molar-refractivity contribution in [3.05, 3.63) is 45.8 Å². The summed E-state index contributed by atoms with van der Waals surface area (Å²) in [6, 6.07) is 7.45. The third-order valence-electron chi connectivity index (χ3n) is 4.23. The fraction of sp³-hybridized carbons (Fsp3) is 0.368. The average Bonchev–Trinajstić information content (AvgIpc) is 2.99. The van der Waals surface area contributed by atoms with E-state index in [1.165, 1.54) is 16.2 Å². The van der Waals surface area contributed by atoms with E-state index in [1.807, 2.05) is 18.4 Å². The minimum Gasteiger partial charge on any atom is -0.462 e. The summed E-state index contributed by atoms with van der Waals surface area (Å²) in [5.74, 6) is -0.535. The van der Waals surface area contributed by atoms with Gasteiger partial charge in [0.25, 0.3) is 5.91 Å². The summed E-state index contributed by atoms with van der Waals surface area (Å²) in [5, 5.41) is 3.55. The Kier molecular flexibility index (Phi) is 5.81. The average molecular weight is 376 g/mol. The van der Waals surface area contributed by atoms with E-state index in [-0.39, 0.29) is 11.9 Å². The molecule has 0 bridgehead atoms. The van der Waals surface area contributed by atoms with Crippen molar-refractivity contribution in [3.8, 4) is 0 Å². The van der Waals surface area contributed by atoms with Crippen LogP contribution in [0.25, 0.3) is 0 Å². The van der Waals surface area contributed by atoms with E-state index in [0.29, 0.717) is 22.7 Å². The van der Waals surface area contributed by atoms with Crippen LogP contribution in [0, 0.1) is 0 Å². The van der Waals surface area contributed by atoms with Crippen molar-refractivity contribution >= 4 is 40.0 Å². The van der Waals surface area contributed by atoms with E-state index >= 15 is 0 Å². The number of thioether (sulfide) groups is 1. The zero-order valence-electron chi connectivity index (χ0n) is 14.4. The third kappa shape index (κ3) is 3.90. The van der Waals surface area contributed by atoms with Crippen molar-refractivity contribution in [2.45, 2.75) is 37.5 Å². The molecule has 1 amide bonds. The first kappa shape index (κ1) is 18.0. The minimum absolute atomic E-state index is 0.197. The minimum atomic E-state index is -0.338. The zero-order valence-corrected chi connectivity index (χ0v) is 16.0. The van der Waals surface area contributed by atoms with E-state index in [2.05, 4.69) is 5.32 Å². The van der Waals surface area contributed by atoms with Crippen molar-refractivity contribution in [1.29, 1.82) is 0 Å². The number of benzene rings is 1. The topological polar surface area (TPSA) is 55.4 Å². The normalized spacial score (nSPS) is 13.2. The molecule has 1 aliphatic rings. The first-order chi connectivity index (χ1) is 12.1. The van der Waals surface area contributed by atoms with E-state index in [9.17, 15) is 9.59 Å². The van der Waals surface area contributed by atoms with E-state index in [1.54, 1.807) is 30.8 Å². The molecule has 2 aromatic rings. The SMILES string of the molecule is CCOC(=O)c1c(NC(=O)c2ccc(SC)cc2)sc2c1CCCC2. The summed E-state index contributed by atoms with van der Waals surface area (Å²) in [5.41, 5.74) is 2.19. The molecule has 1 heterocycles. The monoisotopic (exact) mass is 375 g/mol. The van der Waals surface area contributed by atoms with Crippen LogP contribution in [0.2, 0.25) is 0 Å². The van der Waals surface area contributed by atoms with Gasteiger partial charge in [0.1, 0.15) is 5.00 Å². The lowest BCUT2D eigenvalue weighted by Gasteiger charge is -2.12. The Hall–Kier alpha value is -1.79. The van der Waals surface area contributed by atoms with Gasteiger partial charge in [-0.2, -0.15) is 0 Å². The molecule has 1 aromatic carbocycles. The van der Waals surface area contributed by atoms with Gasteiger partial charge in [0.05, 0.1) is 12.2 Å². The molecule has 0 radical (unpaired) electrons. The highest BCUT2D eigenvalue weighted by molar-refractivity contribution is 7.98. The molecule has 1 N–H and O–H groups in total. The van der Waals surface area contributed by atoms with Crippen LogP contribution in [-0.2, 0) is 17.6 Å². The molecule has 1 aliphatic carbocycles. The first-order valence-corrected chi connectivity index (χ1v) is 10.4. The van der Waals surface area contributed by atoms with E-state index < -0.39 is 0 Å². The standard InChI is InChI=1S/C19H21NO3S2/c1-3-23-19(22)16-14-6-4-5-7-15(14)25-18(16)20-17(21)12-8-10-13(24-2)11-9-12/h8-11H,3-7H2,1-2H3,(H,20,21). The fourth-order valence-corrected chi connectivity index (χ4v) is 4.67. The van der Waals surface area contributed by atoms with Crippen LogP contribution in [-0.4, -0.2) is 24.7 Å². The van der Waals surface area contributed by atoms with E-state index in [0.717, 1.165) is 36.1 Å². The molecule has 4 nitrogen and oxygen atoms in total. The van der Waals surface area contributed by atoms with Crippen LogP contribution in [0.1, 0.15) is 50.9 Å². The quantitative estimate of drug-likeness (QED) is 0.604. The highest BCUT2D eigenvalue weighted by Gasteiger charge is 2.27. The van der Waals surface area contributed by atoms with Gasteiger partial charge >= 0.3 is 5.97 Å². The smallest absolute Gasteiger partial charge is 0.341 e. The lowest BCUT2D eigenvalue weighted by Crippen LogP contribution is -2.15. The molecule has 0 saturated carbocycles. The van der Waals surface area contributed by atoms with Crippen molar-refractivity contribution in [1.82, 2.24) is 0 Å². The number of nitrogens with one attached hydrogen (secondary N) is 1. The summed E-state index contributed by atoms with van der Waals surface area (Å²) in [6.45, 7) is 2.12. The maximum absolute atomic E-state index is 12.6. The van der Waals surface area contributed by atoms with Crippen molar-refractivity contribution in [2.75, 3.05) is 18.2 Å². The second-order valence-corrected chi connectivity index (χ2v) is 7.80. The summed E-state index contributed by atoms with van der Waals surface area (Å²) in [6.07, 6.45) is 6.03. The largest absolute Gasteiger partial charge is 0.462 e. The number of amides is 1. The lowest BCUT2D eigenvalue weighted by molar-refractivity contribution is 0.0526. The fourth-order valence-electron chi connectivity index (χ4n) is 2.99. The van der Waals surface area contributed by atoms with Gasteiger partial charge in [-0.3, -0.25) is 4.79 Å². The van der Waals surface area contributed by atoms with Crippen molar-refractivity contribution < 1.29 is 14.3 Å². The molecule has 0 aliphatic heterocycles. The van der Waals surface area contributed by atoms with Gasteiger partial charge in [0.2, 0.25) is 0 Å². The Balaban J connectivity index is 1.89. The molecule has 3 rings (SSSR count). The number of thiophene rings is 1. The second-order valence-electron chi connectivity index (χ2n) is 5.82. The number of hydrogen-bond acceptors (Lipinski definition) is 5. The number of fused-ring (bicyclic) bond motifs is 1. The van der Waals surface area contributed by atoms with Gasteiger partial charge in [-0.25, -0.2) is 4.79 Å². The number of carbonyl (C=O) groups excluding carboxylic acids is 2. The second kappa shape index (κ2) is 8.06. The van der Waals surface area contributed by atoms with Crippen LogP contribution in [0.5, 0.6) is 0 Å². The summed E-state index contributed by atoms with van der Waals surface area (Å²) < 4.78 is 5.22. The van der Waals surface area contributed by atoms with Gasteiger partial charge in [-0.1, -0.05) is 0 Å². The molecule has 132 valence electrons. The molecule has 0 unspecified atom stereocenters. The maximum Gasteiger partial charge on any atom is 0.341 e. The van der Waals surface area contributed by atoms with Gasteiger partial charge in [0.15, 0.2) is 0 Å². The molecule has 0 saturated heterocycles. The van der Waals surface area contributed by atoms with Crippen LogP contribution in [0.4, 0.5) is 5.00 Å². The van der Waals surface area contributed by atoms with Crippen LogP contribution < -0.4 is 5.32 Å². The Morgan fingerprint density at radius 2 is 1.92 bits per heavy atom. The van der Waals surface area contributed by atoms with Gasteiger partial charge < -0.3 is 10.1 Å². The maximum atomic E-state index is 12.6. The Bertz CT molecular complexity index is 781. The van der Waals surface area contributed by atoms with Gasteiger partial charge in [-0.05, 0) is 68.7 Å². The highest BCUT2D eigenvalue weighted by Crippen LogP contribution is 2.38. The molecule has 25 heavy (non-hydrogen) atoms. The number of anilines is 1. The van der Waals surface area contributed by atoms with Gasteiger partial charge in [-0.15, -0.1) is 23.1 Å². The number of esters is 1. The molecule has 6 heteroatoms. The Morgan fingerprint density at radius 1 is 1.20 bits per heavy atom. The zero-order chi connectivity index (χ0) is 17.8. The number of rotatable bonds is 5. The van der Waals surface area contributed by atoms with Crippen molar-refractivity contribution in [3.63, 3.8) is 0 Å². The summed E-state index contributed by atoms with van der Waals surface area (Å²) in [7, 11) is 0. The van der Waals surface area contributed by atoms with Crippen LogP contribution >= 0.6 is 23.1 Å². The lowest BCUT2D eigenvalue weighted by atomic mass is 9.95. The first-order valence-electron chi connectivity index (χ1n) is 8.41. The molecular weight excluding hydrogens is 354 g/mol. The number of carbonyl (C=O) groups is 2. The third-order valence-corrected chi connectivity index (χ3v) is 6.18. The highest BCUT2D eigenvalue weighted by atomic mass is 32.2. The Labute approximate surface area is 156 Å². The molecular formula is C19H21NO3S2. The molecule has 0 atom stereocenters.